The van der Waals surface area contributed by atoms with Crippen molar-refractivity contribution in [2.24, 2.45) is 0 Å². The number of urea groups is 1. The maximum Gasteiger partial charge on any atom is 0.319 e. The molecule has 0 aliphatic carbocycles. The van der Waals surface area contributed by atoms with Gasteiger partial charge in [-0.05, 0) is 60.4 Å². The van der Waals surface area contributed by atoms with Crippen molar-refractivity contribution in [3.63, 3.8) is 0 Å². The third-order valence-corrected chi connectivity index (χ3v) is 5.60. The average molecular weight is 473 g/mol. The largest absolute Gasteiger partial charge is 0.376 e. The molecule has 0 saturated carbocycles. The first-order valence-corrected chi connectivity index (χ1v) is 11.6. The van der Waals surface area contributed by atoms with Gasteiger partial charge in [-0.15, -0.1) is 0 Å². The summed E-state index contributed by atoms with van der Waals surface area (Å²) >= 11 is 0. The molecule has 3 aromatic carbocycles. The number of hydrogen-bond acceptors (Lipinski definition) is 4. The molecule has 1 aliphatic heterocycles. The number of hydrogen-bond donors (Lipinski definition) is 4. The van der Waals surface area contributed by atoms with Crippen LogP contribution >= 0.6 is 0 Å². The lowest BCUT2D eigenvalue weighted by Gasteiger charge is -2.12. The molecule has 4 N–H and O–H groups in total. The molecule has 4 rings (SSSR count). The van der Waals surface area contributed by atoms with Gasteiger partial charge in [-0.2, -0.15) is 0 Å². The van der Waals surface area contributed by atoms with Gasteiger partial charge in [0.05, 0.1) is 12.6 Å². The van der Waals surface area contributed by atoms with E-state index in [1.807, 2.05) is 42.5 Å². The van der Waals surface area contributed by atoms with Crippen LogP contribution < -0.4 is 21.3 Å². The Morgan fingerprint density at radius 3 is 2.09 bits per heavy atom. The van der Waals surface area contributed by atoms with E-state index in [0.29, 0.717) is 23.5 Å². The first-order valence-electron chi connectivity index (χ1n) is 11.6. The number of rotatable bonds is 8. The molecule has 0 radical (unpaired) electrons. The van der Waals surface area contributed by atoms with Crippen molar-refractivity contribution in [3.8, 4) is 11.1 Å². The van der Waals surface area contributed by atoms with Crippen LogP contribution in [-0.2, 0) is 9.53 Å². The van der Waals surface area contributed by atoms with Crippen LogP contribution in [0.4, 0.5) is 16.2 Å². The van der Waals surface area contributed by atoms with Crippen LogP contribution in [0.1, 0.15) is 23.2 Å². The van der Waals surface area contributed by atoms with Crippen molar-refractivity contribution in [2.75, 3.05) is 30.3 Å². The van der Waals surface area contributed by atoms with Crippen LogP contribution in [0.3, 0.4) is 0 Å². The van der Waals surface area contributed by atoms with Crippen LogP contribution in [-0.4, -0.2) is 43.6 Å². The summed E-state index contributed by atoms with van der Waals surface area (Å²) in [5.74, 6) is -0.678. The van der Waals surface area contributed by atoms with Crippen LogP contribution in [0.2, 0.25) is 0 Å². The lowest BCUT2D eigenvalue weighted by atomic mass is 10.0. The minimum absolute atomic E-state index is 0.0764. The zero-order valence-electron chi connectivity index (χ0n) is 19.3. The molecule has 1 fully saturated rings. The number of ether oxygens (including phenoxy) is 1. The summed E-state index contributed by atoms with van der Waals surface area (Å²) in [7, 11) is 0. The molecule has 180 valence electrons. The van der Waals surface area contributed by atoms with Gasteiger partial charge in [0.2, 0.25) is 5.91 Å². The third kappa shape index (κ3) is 7.15. The Hall–Kier alpha value is -4.17. The maximum atomic E-state index is 12.4. The second-order valence-electron chi connectivity index (χ2n) is 8.22. The van der Waals surface area contributed by atoms with Crippen LogP contribution in [0.15, 0.2) is 78.9 Å². The van der Waals surface area contributed by atoms with Gasteiger partial charge < -0.3 is 26.0 Å². The summed E-state index contributed by atoms with van der Waals surface area (Å²) in [5.41, 5.74) is 3.71. The fourth-order valence-electron chi connectivity index (χ4n) is 3.74. The average Bonchev–Trinajstić information content (AvgIpc) is 3.42. The number of nitrogens with one attached hydrogen (secondary N) is 4. The molecular weight excluding hydrogens is 444 g/mol. The highest BCUT2D eigenvalue weighted by atomic mass is 16.5. The molecule has 0 bridgehead atoms. The van der Waals surface area contributed by atoms with Gasteiger partial charge in [0.1, 0.15) is 0 Å². The Labute approximate surface area is 204 Å². The summed E-state index contributed by atoms with van der Waals surface area (Å²) in [6.45, 7) is 1.06. The van der Waals surface area contributed by atoms with Crippen LogP contribution in [0.25, 0.3) is 11.1 Å². The predicted octanol–water partition coefficient (Wildman–Crippen LogP) is 4.02. The number of anilines is 2. The first kappa shape index (κ1) is 24.0. The fraction of sp³-hybridized carbons (Fsp3) is 0.222. The topological polar surface area (TPSA) is 109 Å². The van der Waals surface area contributed by atoms with Crippen molar-refractivity contribution >= 4 is 29.2 Å². The SMILES string of the molecule is O=C(CNC(=O)c1ccc(-c2ccccc2)cc1)Nc1ccc(NC(=O)NCC2CCCO2)cc1. The van der Waals surface area contributed by atoms with E-state index in [4.69, 9.17) is 4.74 Å². The highest BCUT2D eigenvalue weighted by Gasteiger charge is 2.16. The van der Waals surface area contributed by atoms with Gasteiger partial charge in [-0.25, -0.2) is 4.79 Å². The quantitative estimate of drug-likeness (QED) is 0.397. The highest BCUT2D eigenvalue weighted by molar-refractivity contribution is 5.99. The maximum absolute atomic E-state index is 12.4. The Kier molecular flexibility index (Phi) is 8.08. The Balaban J connectivity index is 1.19. The molecule has 1 saturated heterocycles. The minimum atomic E-state index is -0.353. The smallest absolute Gasteiger partial charge is 0.319 e. The molecule has 8 heteroatoms. The van der Waals surface area contributed by atoms with E-state index in [-0.39, 0.29) is 30.5 Å². The summed E-state index contributed by atoms with van der Waals surface area (Å²) in [5, 5.41) is 10.9. The Morgan fingerprint density at radius 1 is 0.771 bits per heavy atom. The number of carbonyl (C=O) groups excluding carboxylic acids is 3. The predicted molar refractivity (Wildman–Crippen MR) is 135 cm³/mol. The summed E-state index contributed by atoms with van der Waals surface area (Å²) in [6, 6.07) is 23.5. The Bertz CT molecular complexity index is 1140. The van der Waals surface area contributed by atoms with Crippen molar-refractivity contribution in [1.29, 1.82) is 0 Å². The van der Waals surface area contributed by atoms with Crippen molar-refractivity contribution < 1.29 is 19.1 Å². The van der Waals surface area contributed by atoms with Crippen LogP contribution in [0.5, 0.6) is 0 Å². The fourth-order valence-corrected chi connectivity index (χ4v) is 3.74. The van der Waals surface area contributed by atoms with Crippen molar-refractivity contribution in [1.82, 2.24) is 10.6 Å². The number of carbonyl (C=O) groups is 3. The van der Waals surface area contributed by atoms with E-state index in [1.165, 1.54) is 0 Å². The van der Waals surface area contributed by atoms with E-state index >= 15 is 0 Å². The molecule has 1 heterocycles. The van der Waals surface area contributed by atoms with E-state index in [2.05, 4.69) is 21.3 Å². The van der Waals surface area contributed by atoms with E-state index in [9.17, 15) is 14.4 Å². The van der Waals surface area contributed by atoms with Crippen LogP contribution in [0, 0.1) is 0 Å². The molecule has 3 aromatic rings. The summed E-state index contributed by atoms with van der Waals surface area (Å²) in [4.78, 5) is 36.6. The van der Waals surface area contributed by atoms with Crippen molar-refractivity contribution in [3.05, 3.63) is 84.4 Å². The zero-order valence-corrected chi connectivity index (χ0v) is 19.3. The van der Waals surface area contributed by atoms with Gasteiger partial charge in [-0.3, -0.25) is 9.59 Å². The normalized spacial score (nSPS) is 14.7. The summed E-state index contributed by atoms with van der Waals surface area (Å²) in [6.07, 6.45) is 2.05. The van der Waals surface area contributed by atoms with E-state index in [0.717, 1.165) is 30.6 Å². The zero-order chi connectivity index (χ0) is 24.5. The molecule has 1 unspecified atom stereocenters. The number of amides is 4. The Morgan fingerprint density at radius 2 is 1.43 bits per heavy atom. The summed E-state index contributed by atoms with van der Waals surface area (Å²) < 4.78 is 5.48. The lowest BCUT2D eigenvalue weighted by molar-refractivity contribution is -0.115. The molecule has 0 spiro atoms. The molecule has 1 atom stereocenters. The minimum Gasteiger partial charge on any atom is -0.376 e. The molecular formula is C27H28N4O4. The third-order valence-electron chi connectivity index (χ3n) is 5.60. The van der Waals surface area contributed by atoms with Gasteiger partial charge in [0.25, 0.3) is 5.91 Å². The van der Waals surface area contributed by atoms with E-state index in [1.54, 1.807) is 36.4 Å². The molecule has 1 aliphatic rings. The molecule has 4 amide bonds. The highest BCUT2D eigenvalue weighted by Crippen LogP contribution is 2.19. The number of benzene rings is 3. The van der Waals surface area contributed by atoms with Gasteiger partial charge in [0.15, 0.2) is 0 Å². The van der Waals surface area contributed by atoms with Crippen molar-refractivity contribution in [2.45, 2.75) is 18.9 Å². The van der Waals surface area contributed by atoms with E-state index < -0.39 is 0 Å². The molecule has 8 nitrogen and oxygen atoms in total. The second-order valence-corrected chi connectivity index (χ2v) is 8.22. The second kappa shape index (κ2) is 11.8. The van der Waals surface area contributed by atoms with Gasteiger partial charge in [-0.1, -0.05) is 42.5 Å². The molecule has 0 aromatic heterocycles. The monoisotopic (exact) mass is 472 g/mol. The van der Waals surface area contributed by atoms with Gasteiger partial charge in [0, 0.05) is 30.1 Å². The lowest BCUT2D eigenvalue weighted by Crippen LogP contribution is -2.35. The molecule has 35 heavy (non-hydrogen) atoms. The standard InChI is InChI=1S/C27H28N4O4/c32-25(18-28-26(33)21-10-8-20(9-11-21)19-5-2-1-3-6-19)30-22-12-14-23(15-13-22)31-27(34)29-17-24-7-4-16-35-24/h1-3,5-6,8-15,24H,4,7,16-18H2,(H,28,33)(H,30,32)(H2,29,31,34). The van der Waals surface area contributed by atoms with Gasteiger partial charge >= 0.3 is 6.03 Å². The first-order chi connectivity index (χ1) is 17.1.